The number of nitrogens with zero attached hydrogens (tertiary/aromatic N) is 1. The van der Waals surface area contributed by atoms with Crippen LogP contribution in [0.15, 0.2) is 30.3 Å². The molecule has 1 aromatic carbocycles. The van der Waals surface area contributed by atoms with Gasteiger partial charge in [-0.3, -0.25) is 0 Å². The molecule has 0 aliphatic heterocycles. The number of hydrogen-bond donors (Lipinski definition) is 2. The second-order valence-electron chi connectivity index (χ2n) is 5.45. The second-order valence-corrected chi connectivity index (χ2v) is 5.89. The highest BCUT2D eigenvalue weighted by molar-refractivity contribution is 7.80. The smallest absolute Gasteiger partial charge is 0.136 e. The van der Waals surface area contributed by atoms with E-state index in [1.165, 1.54) is 25.7 Å². The maximum absolute atomic E-state index is 5.83. The van der Waals surface area contributed by atoms with E-state index in [1.54, 1.807) is 0 Å². The highest BCUT2D eigenvalue weighted by Crippen LogP contribution is 2.29. The summed E-state index contributed by atoms with van der Waals surface area (Å²) in [5.74, 6) is 1.70. The fraction of sp³-hybridized carbons (Fsp3) is 0.375. The number of anilines is 1. The summed E-state index contributed by atoms with van der Waals surface area (Å²) in [6, 6.07) is 10.1. The standard InChI is InChI=1S/C16H19N3S/c17-15(20)13-10-12-6-1-2-7-14(12)19-16(13)18-9-8-11-4-3-5-11/h1-2,6-7,10-11H,3-5,8-9H2,(H2,17,20)(H,18,19). The summed E-state index contributed by atoms with van der Waals surface area (Å²) < 4.78 is 0. The summed E-state index contributed by atoms with van der Waals surface area (Å²) >= 11 is 5.15. The van der Waals surface area contributed by atoms with E-state index in [1.807, 2.05) is 30.3 Å². The maximum Gasteiger partial charge on any atom is 0.136 e. The highest BCUT2D eigenvalue weighted by atomic mass is 32.1. The first-order valence-corrected chi connectivity index (χ1v) is 7.58. The highest BCUT2D eigenvalue weighted by Gasteiger charge is 2.17. The molecule has 1 heterocycles. The number of hydrogen-bond acceptors (Lipinski definition) is 3. The Morgan fingerprint density at radius 1 is 1.35 bits per heavy atom. The van der Waals surface area contributed by atoms with Crippen LogP contribution in [0.5, 0.6) is 0 Å². The van der Waals surface area contributed by atoms with Gasteiger partial charge >= 0.3 is 0 Å². The first-order chi connectivity index (χ1) is 9.74. The van der Waals surface area contributed by atoms with Crippen LogP contribution in [0.1, 0.15) is 31.2 Å². The summed E-state index contributed by atoms with van der Waals surface area (Å²) in [4.78, 5) is 5.06. The van der Waals surface area contributed by atoms with Gasteiger partial charge in [-0.05, 0) is 24.5 Å². The Kier molecular flexibility index (Phi) is 3.83. The molecule has 104 valence electrons. The molecule has 1 saturated carbocycles. The van der Waals surface area contributed by atoms with Crippen LogP contribution in [-0.4, -0.2) is 16.5 Å². The zero-order valence-electron chi connectivity index (χ0n) is 11.4. The molecule has 0 radical (unpaired) electrons. The van der Waals surface area contributed by atoms with Gasteiger partial charge in [0.15, 0.2) is 0 Å². The molecule has 4 heteroatoms. The topological polar surface area (TPSA) is 50.9 Å². The van der Waals surface area contributed by atoms with Crippen molar-refractivity contribution in [2.45, 2.75) is 25.7 Å². The number of nitrogens with one attached hydrogen (secondary N) is 1. The number of fused-ring (bicyclic) bond motifs is 1. The van der Waals surface area contributed by atoms with Gasteiger partial charge in [0, 0.05) is 11.9 Å². The fourth-order valence-corrected chi connectivity index (χ4v) is 2.77. The van der Waals surface area contributed by atoms with Crippen LogP contribution >= 0.6 is 12.2 Å². The van der Waals surface area contributed by atoms with Crippen molar-refractivity contribution in [2.24, 2.45) is 11.7 Å². The van der Waals surface area contributed by atoms with Crippen LogP contribution in [0.2, 0.25) is 0 Å². The number of benzene rings is 1. The molecule has 3 N–H and O–H groups in total. The molecular formula is C16H19N3S. The van der Waals surface area contributed by atoms with Gasteiger partial charge in [0.1, 0.15) is 10.8 Å². The van der Waals surface area contributed by atoms with E-state index in [0.29, 0.717) is 4.99 Å². The molecule has 1 fully saturated rings. The third-order valence-corrected chi connectivity index (χ3v) is 4.28. The summed E-state index contributed by atoms with van der Waals surface area (Å²) in [5.41, 5.74) is 7.64. The van der Waals surface area contributed by atoms with Crippen LogP contribution in [0, 0.1) is 5.92 Å². The lowest BCUT2D eigenvalue weighted by Gasteiger charge is -2.25. The Bertz CT molecular complexity index is 635. The minimum absolute atomic E-state index is 0.398. The fourth-order valence-electron chi connectivity index (χ4n) is 2.61. The quantitative estimate of drug-likeness (QED) is 0.826. The molecular weight excluding hydrogens is 266 g/mol. The van der Waals surface area contributed by atoms with Crippen molar-refractivity contribution in [3.8, 4) is 0 Å². The van der Waals surface area contributed by atoms with Crippen LogP contribution in [-0.2, 0) is 0 Å². The number of aromatic nitrogens is 1. The monoisotopic (exact) mass is 285 g/mol. The molecule has 0 amide bonds. The van der Waals surface area contributed by atoms with E-state index >= 15 is 0 Å². The van der Waals surface area contributed by atoms with Crippen LogP contribution in [0.25, 0.3) is 10.9 Å². The second kappa shape index (κ2) is 5.75. The average molecular weight is 285 g/mol. The Balaban J connectivity index is 1.82. The summed E-state index contributed by atoms with van der Waals surface area (Å²) in [6.07, 6.45) is 5.33. The van der Waals surface area contributed by atoms with Gasteiger partial charge in [0.2, 0.25) is 0 Å². The van der Waals surface area contributed by atoms with Gasteiger partial charge < -0.3 is 11.1 Å². The lowest BCUT2D eigenvalue weighted by Crippen LogP contribution is -2.18. The number of nitrogens with two attached hydrogens (primary N) is 1. The first-order valence-electron chi connectivity index (χ1n) is 7.17. The largest absolute Gasteiger partial charge is 0.389 e. The van der Waals surface area contributed by atoms with Gasteiger partial charge in [-0.25, -0.2) is 4.98 Å². The molecule has 0 unspecified atom stereocenters. The van der Waals surface area contributed by atoms with Crippen molar-refractivity contribution >= 4 is 33.9 Å². The summed E-state index contributed by atoms with van der Waals surface area (Å²) in [6.45, 7) is 0.936. The predicted molar refractivity (Wildman–Crippen MR) is 88.1 cm³/mol. The van der Waals surface area contributed by atoms with E-state index in [2.05, 4.69) is 10.3 Å². The molecule has 0 spiro atoms. The van der Waals surface area contributed by atoms with Crippen LogP contribution in [0.3, 0.4) is 0 Å². The van der Waals surface area contributed by atoms with Crippen molar-refractivity contribution in [3.05, 3.63) is 35.9 Å². The summed E-state index contributed by atoms with van der Waals surface area (Å²) in [7, 11) is 0. The predicted octanol–water partition coefficient (Wildman–Crippen LogP) is 3.47. The van der Waals surface area contributed by atoms with Crippen LogP contribution in [0.4, 0.5) is 5.82 Å². The van der Waals surface area contributed by atoms with Gasteiger partial charge in [0.25, 0.3) is 0 Å². The van der Waals surface area contributed by atoms with Crippen molar-refractivity contribution in [1.82, 2.24) is 4.98 Å². The third kappa shape index (κ3) is 2.75. The van der Waals surface area contributed by atoms with Crippen molar-refractivity contribution in [1.29, 1.82) is 0 Å². The van der Waals surface area contributed by atoms with Gasteiger partial charge in [-0.1, -0.05) is 49.7 Å². The zero-order chi connectivity index (χ0) is 13.9. The Hall–Kier alpha value is -1.68. The van der Waals surface area contributed by atoms with Crippen molar-refractivity contribution < 1.29 is 0 Å². The average Bonchev–Trinajstić information content (AvgIpc) is 2.40. The van der Waals surface area contributed by atoms with Gasteiger partial charge in [0.05, 0.1) is 11.1 Å². The number of para-hydroxylation sites is 1. The Labute approximate surface area is 124 Å². The minimum Gasteiger partial charge on any atom is -0.389 e. The lowest BCUT2D eigenvalue weighted by atomic mass is 9.83. The van der Waals surface area contributed by atoms with E-state index < -0.39 is 0 Å². The van der Waals surface area contributed by atoms with Crippen molar-refractivity contribution in [3.63, 3.8) is 0 Å². The minimum atomic E-state index is 0.398. The Morgan fingerprint density at radius 2 is 2.15 bits per heavy atom. The van der Waals surface area contributed by atoms with E-state index in [9.17, 15) is 0 Å². The van der Waals surface area contributed by atoms with Crippen LogP contribution < -0.4 is 11.1 Å². The van der Waals surface area contributed by atoms with E-state index in [4.69, 9.17) is 18.0 Å². The van der Waals surface area contributed by atoms with Gasteiger partial charge in [-0.2, -0.15) is 0 Å². The summed E-state index contributed by atoms with van der Waals surface area (Å²) in [5, 5.41) is 4.48. The lowest BCUT2D eigenvalue weighted by molar-refractivity contribution is 0.303. The normalized spacial score (nSPS) is 15.0. The Morgan fingerprint density at radius 3 is 2.85 bits per heavy atom. The molecule has 1 aliphatic rings. The third-order valence-electron chi connectivity index (χ3n) is 4.06. The van der Waals surface area contributed by atoms with E-state index in [-0.39, 0.29) is 0 Å². The van der Waals surface area contributed by atoms with Crippen molar-refractivity contribution in [2.75, 3.05) is 11.9 Å². The molecule has 3 rings (SSSR count). The molecule has 0 atom stereocenters. The SMILES string of the molecule is NC(=S)c1cc2ccccc2nc1NCCC1CCC1. The molecule has 20 heavy (non-hydrogen) atoms. The van der Waals surface area contributed by atoms with E-state index in [0.717, 1.165) is 34.7 Å². The molecule has 2 aromatic rings. The molecule has 1 aromatic heterocycles. The maximum atomic E-state index is 5.83. The zero-order valence-corrected chi connectivity index (χ0v) is 12.2. The number of rotatable bonds is 5. The molecule has 1 aliphatic carbocycles. The number of thiocarbonyl (C=S) groups is 1. The number of pyridine rings is 1. The molecule has 0 bridgehead atoms. The molecule has 3 nitrogen and oxygen atoms in total. The first kappa shape index (κ1) is 13.3. The molecule has 0 saturated heterocycles. The van der Waals surface area contributed by atoms with Gasteiger partial charge in [-0.15, -0.1) is 0 Å².